The molecule has 0 saturated carbocycles. The zero-order valence-corrected chi connectivity index (χ0v) is 8.42. The molecule has 0 atom stereocenters. The second kappa shape index (κ2) is 10.4. The highest BCUT2D eigenvalue weighted by Crippen LogP contribution is 2.04. The van der Waals surface area contributed by atoms with Gasteiger partial charge in [0.1, 0.15) is 0 Å². The number of aliphatic imine (C=N–C) groups is 1. The standard InChI is InChI=1S/C11H21N/c1-3-5-6-7-8-9-10-11-12-4-2/h4,10-11H,3,5-9H2,1-2H3/b11-10-,12-4?. The van der Waals surface area contributed by atoms with Crippen LogP contribution in [0.15, 0.2) is 17.3 Å². The second-order valence-electron chi connectivity index (χ2n) is 2.99. The van der Waals surface area contributed by atoms with Crippen LogP contribution in [0.2, 0.25) is 0 Å². The zero-order chi connectivity index (χ0) is 9.07. The molecule has 0 aromatic heterocycles. The monoisotopic (exact) mass is 167 g/mol. The number of unbranched alkanes of at least 4 members (excludes halogenated alkanes) is 5. The summed E-state index contributed by atoms with van der Waals surface area (Å²) in [4.78, 5) is 4.00. The molecule has 1 nitrogen and oxygen atoms in total. The van der Waals surface area contributed by atoms with Gasteiger partial charge in [-0.25, -0.2) is 0 Å². The van der Waals surface area contributed by atoms with Crippen molar-refractivity contribution in [2.75, 3.05) is 0 Å². The van der Waals surface area contributed by atoms with Crippen LogP contribution in [-0.4, -0.2) is 6.21 Å². The van der Waals surface area contributed by atoms with Crippen molar-refractivity contribution >= 4 is 6.21 Å². The molecule has 0 unspecified atom stereocenters. The number of rotatable bonds is 7. The average Bonchev–Trinajstić information content (AvgIpc) is 2.10. The Morgan fingerprint density at radius 3 is 2.50 bits per heavy atom. The largest absolute Gasteiger partial charge is 0.270 e. The topological polar surface area (TPSA) is 12.4 Å². The minimum absolute atomic E-state index is 1.18. The Bertz CT molecular complexity index is 125. The molecule has 0 rings (SSSR count). The summed E-state index contributed by atoms with van der Waals surface area (Å²) in [6.45, 7) is 4.18. The van der Waals surface area contributed by atoms with Crippen LogP contribution in [0.5, 0.6) is 0 Å². The maximum Gasteiger partial charge on any atom is 0.0223 e. The van der Waals surface area contributed by atoms with E-state index in [4.69, 9.17) is 0 Å². The first kappa shape index (κ1) is 11.4. The van der Waals surface area contributed by atoms with Gasteiger partial charge in [-0.2, -0.15) is 0 Å². The van der Waals surface area contributed by atoms with E-state index in [9.17, 15) is 0 Å². The van der Waals surface area contributed by atoms with Gasteiger partial charge in [-0.15, -0.1) is 0 Å². The molecule has 0 amide bonds. The lowest BCUT2D eigenvalue weighted by molar-refractivity contribution is 0.637. The van der Waals surface area contributed by atoms with Crippen molar-refractivity contribution in [3.63, 3.8) is 0 Å². The molecule has 0 aliphatic carbocycles. The molecule has 12 heavy (non-hydrogen) atoms. The molecule has 70 valence electrons. The van der Waals surface area contributed by atoms with E-state index in [0.29, 0.717) is 0 Å². The molecule has 0 aromatic rings. The van der Waals surface area contributed by atoms with E-state index < -0.39 is 0 Å². The predicted molar refractivity (Wildman–Crippen MR) is 56.7 cm³/mol. The molecule has 0 aromatic carbocycles. The van der Waals surface area contributed by atoms with E-state index in [1.54, 1.807) is 0 Å². The summed E-state index contributed by atoms with van der Waals surface area (Å²) in [6.07, 6.45) is 13.8. The summed E-state index contributed by atoms with van der Waals surface area (Å²) in [5.41, 5.74) is 0. The van der Waals surface area contributed by atoms with Crippen molar-refractivity contribution < 1.29 is 0 Å². The van der Waals surface area contributed by atoms with Crippen molar-refractivity contribution in [2.24, 2.45) is 4.99 Å². The fourth-order valence-electron chi connectivity index (χ4n) is 1.09. The lowest BCUT2D eigenvalue weighted by Gasteiger charge is -1.95. The molecule has 0 fully saturated rings. The third kappa shape index (κ3) is 9.41. The van der Waals surface area contributed by atoms with Crippen molar-refractivity contribution in [3.05, 3.63) is 12.3 Å². The predicted octanol–water partition coefficient (Wildman–Crippen LogP) is 3.95. The van der Waals surface area contributed by atoms with Crippen LogP contribution in [-0.2, 0) is 0 Å². The number of nitrogens with zero attached hydrogens (tertiary/aromatic N) is 1. The van der Waals surface area contributed by atoms with Gasteiger partial charge >= 0.3 is 0 Å². The highest BCUT2D eigenvalue weighted by molar-refractivity contribution is 5.54. The Labute approximate surface area is 76.6 Å². The van der Waals surface area contributed by atoms with Crippen LogP contribution in [0.25, 0.3) is 0 Å². The Kier molecular flexibility index (Phi) is 9.90. The number of allylic oxidation sites excluding steroid dienone is 1. The van der Waals surface area contributed by atoms with Crippen molar-refractivity contribution in [1.29, 1.82) is 0 Å². The van der Waals surface area contributed by atoms with Crippen LogP contribution >= 0.6 is 0 Å². The van der Waals surface area contributed by atoms with Crippen molar-refractivity contribution in [2.45, 2.75) is 52.4 Å². The molecule has 0 aliphatic heterocycles. The first-order chi connectivity index (χ1) is 5.91. The van der Waals surface area contributed by atoms with Crippen LogP contribution in [0, 0.1) is 0 Å². The fraction of sp³-hybridized carbons (Fsp3) is 0.727. The summed E-state index contributed by atoms with van der Waals surface area (Å²) >= 11 is 0. The maximum absolute atomic E-state index is 4.00. The molecule has 0 radical (unpaired) electrons. The van der Waals surface area contributed by atoms with Gasteiger partial charge in [0.15, 0.2) is 0 Å². The lowest BCUT2D eigenvalue weighted by Crippen LogP contribution is -1.75. The third-order valence-corrected chi connectivity index (χ3v) is 1.81. The van der Waals surface area contributed by atoms with E-state index in [2.05, 4.69) is 18.0 Å². The average molecular weight is 167 g/mol. The van der Waals surface area contributed by atoms with E-state index in [1.807, 2.05) is 19.3 Å². The van der Waals surface area contributed by atoms with Gasteiger partial charge < -0.3 is 0 Å². The molecule has 1 heteroatoms. The molecule has 0 saturated heterocycles. The fourth-order valence-corrected chi connectivity index (χ4v) is 1.09. The summed E-state index contributed by atoms with van der Waals surface area (Å²) in [5.74, 6) is 0. The number of hydrogen-bond acceptors (Lipinski definition) is 1. The van der Waals surface area contributed by atoms with Gasteiger partial charge in [-0.05, 0) is 19.8 Å². The van der Waals surface area contributed by atoms with Crippen molar-refractivity contribution in [1.82, 2.24) is 0 Å². The van der Waals surface area contributed by atoms with Gasteiger partial charge in [-0.3, -0.25) is 4.99 Å². The van der Waals surface area contributed by atoms with E-state index >= 15 is 0 Å². The van der Waals surface area contributed by atoms with E-state index in [0.717, 1.165) is 0 Å². The Morgan fingerprint density at radius 2 is 1.83 bits per heavy atom. The minimum Gasteiger partial charge on any atom is -0.270 e. The molecule has 0 heterocycles. The minimum atomic E-state index is 1.18. The maximum atomic E-state index is 4.00. The van der Waals surface area contributed by atoms with Gasteiger partial charge in [0.2, 0.25) is 0 Å². The molecule has 0 aliphatic rings. The molecule has 0 N–H and O–H groups in total. The highest BCUT2D eigenvalue weighted by Gasteiger charge is 1.85. The van der Waals surface area contributed by atoms with Crippen LogP contribution in [0.4, 0.5) is 0 Å². The molecular weight excluding hydrogens is 146 g/mol. The SMILES string of the molecule is CC=N/C=C\CCCCCCC. The summed E-state index contributed by atoms with van der Waals surface area (Å²) in [5, 5.41) is 0. The van der Waals surface area contributed by atoms with Gasteiger partial charge in [0.05, 0.1) is 0 Å². The smallest absolute Gasteiger partial charge is 0.0223 e. The van der Waals surface area contributed by atoms with Crippen LogP contribution < -0.4 is 0 Å². The van der Waals surface area contributed by atoms with Crippen LogP contribution in [0.3, 0.4) is 0 Å². The van der Waals surface area contributed by atoms with Crippen molar-refractivity contribution in [3.8, 4) is 0 Å². The lowest BCUT2D eigenvalue weighted by atomic mass is 10.1. The van der Waals surface area contributed by atoms with Gasteiger partial charge in [0, 0.05) is 12.4 Å². The zero-order valence-electron chi connectivity index (χ0n) is 8.42. The van der Waals surface area contributed by atoms with Crippen LogP contribution in [0.1, 0.15) is 52.4 Å². The van der Waals surface area contributed by atoms with Gasteiger partial charge in [-0.1, -0.05) is 38.7 Å². The van der Waals surface area contributed by atoms with E-state index in [1.165, 1.54) is 38.5 Å². The Balaban J connectivity index is 3.00. The molecular formula is C11H21N. The Hall–Kier alpha value is -0.590. The molecule has 0 spiro atoms. The number of hydrogen-bond donors (Lipinski definition) is 0. The summed E-state index contributed by atoms with van der Waals surface area (Å²) < 4.78 is 0. The van der Waals surface area contributed by atoms with Gasteiger partial charge in [0.25, 0.3) is 0 Å². The normalized spacial score (nSPS) is 11.8. The summed E-state index contributed by atoms with van der Waals surface area (Å²) in [6, 6.07) is 0. The highest BCUT2D eigenvalue weighted by atomic mass is 14.6. The first-order valence-corrected chi connectivity index (χ1v) is 5.04. The third-order valence-electron chi connectivity index (χ3n) is 1.81. The first-order valence-electron chi connectivity index (χ1n) is 5.04. The summed E-state index contributed by atoms with van der Waals surface area (Å²) in [7, 11) is 0. The Morgan fingerprint density at radius 1 is 1.08 bits per heavy atom. The second-order valence-corrected chi connectivity index (χ2v) is 2.99. The quantitative estimate of drug-likeness (QED) is 0.402. The van der Waals surface area contributed by atoms with E-state index in [-0.39, 0.29) is 0 Å². The molecule has 0 bridgehead atoms.